The molecule has 1 heterocycles. The Hall–Kier alpha value is -0.610. The van der Waals surface area contributed by atoms with Crippen LogP contribution in [0.3, 0.4) is 0 Å². The summed E-state index contributed by atoms with van der Waals surface area (Å²) >= 11 is 0. The van der Waals surface area contributed by atoms with Crippen LogP contribution in [0.4, 0.5) is 0 Å². The SMILES string of the molecule is COC[C@]12CCCC[C@H]1CN([C@H](C)C(=O)O)C2. The average Bonchev–Trinajstić information content (AvgIpc) is 2.67. The van der Waals surface area contributed by atoms with E-state index in [0.717, 1.165) is 19.7 Å². The second kappa shape index (κ2) is 4.94. The van der Waals surface area contributed by atoms with E-state index in [9.17, 15) is 4.79 Å². The maximum atomic E-state index is 11.1. The van der Waals surface area contributed by atoms with Gasteiger partial charge in [-0.15, -0.1) is 0 Å². The number of likely N-dealkylation sites (tertiary alicyclic amines) is 1. The fourth-order valence-corrected chi connectivity index (χ4v) is 3.60. The fourth-order valence-electron chi connectivity index (χ4n) is 3.60. The summed E-state index contributed by atoms with van der Waals surface area (Å²) in [4.78, 5) is 13.2. The van der Waals surface area contributed by atoms with E-state index in [4.69, 9.17) is 9.84 Å². The number of fused-ring (bicyclic) bond motifs is 1. The average molecular weight is 241 g/mol. The van der Waals surface area contributed by atoms with Crippen molar-refractivity contribution in [3.63, 3.8) is 0 Å². The summed E-state index contributed by atoms with van der Waals surface area (Å²) in [6.07, 6.45) is 4.96. The number of hydrogen-bond donors (Lipinski definition) is 1. The molecular weight excluding hydrogens is 218 g/mol. The van der Waals surface area contributed by atoms with E-state index in [0.29, 0.717) is 5.92 Å². The van der Waals surface area contributed by atoms with E-state index in [1.807, 2.05) is 0 Å². The van der Waals surface area contributed by atoms with Gasteiger partial charge in [0.15, 0.2) is 0 Å². The Labute approximate surface area is 103 Å². The predicted octanol–water partition coefficient (Wildman–Crippen LogP) is 1.60. The van der Waals surface area contributed by atoms with Crippen molar-refractivity contribution in [2.45, 2.75) is 38.6 Å². The van der Waals surface area contributed by atoms with Gasteiger partial charge in [-0.05, 0) is 25.7 Å². The number of nitrogens with zero attached hydrogens (tertiary/aromatic N) is 1. The van der Waals surface area contributed by atoms with Crippen LogP contribution in [-0.2, 0) is 9.53 Å². The highest BCUT2D eigenvalue weighted by Crippen LogP contribution is 2.47. The van der Waals surface area contributed by atoms with Gasteiger partial charge in [0, 0.05) is 25.6 Å². The lowest BCUT2D eigenvalue weighted by Gasteiger charge is -2.38. The second-order valence-corrected chi connectivity index (χ2v) is 5.68. The van der Waals surface area contributed by atoms with E-state index >= 15 is 0 Å². The molecule has 4 heteroatoms. The molecule has 17 heavy (non-hydrogen) atoms. The Balaban J connectivity index is 2.10. The number of ether oxygens (including phenoxy) is 1. The quantitative estimate of drug-likeness (QED) is 0.812. The number of carboxylic acid groups (broad SMARTS) is 1. The van der Waals surface area contributed by atoms with E-state index in [1.54, 1.807) is 14.0 Å². The molecule has 0 radical (unpaired) electrons. The summed E-state index contributed by atoms with van der Waals surface area (Å²) in [7, 11) is 1.75. The molecule has 1 N–H and O–H groups in total. The third-order valence-electron chi connectivity index (χ3n) is 4.65. The molecule has 3 atom stereocenters. The molecule has 1 saturated heterocycles. The molecule has 4 nitrogen and oxygen atoms in total. The summed E-state index contributed by atoms with van der Waals surface area (Å²) in [5, 5.41) is 9.12. The van der Waals surface area contributed by atoms with Crippen LogP contribution < -0.4 is 0 Å². The Bertz CT molecular complexity index is 290. The molecule has 98 valence electrons. The number of aliphatic carboxylic acids is 1. The summed E-state index contributed by atoms with van der Waals surface area (Å²) in [5.41, 5.74) is 0.219. The first-order valence-corrected chi connectivity index (χ1v) is 6.55. The minimum absolute atomic E-state index is 0.219. The Kier molecular flexibility index (Phi) is 3.73. The molecule has 0 aromatic rings. The molecule has 0 spiro atoms. The Morgan fingerprint density at radius 2 is 2.35 bits per heavy atom. The lowest BCUT2D eigenvalue weighted by molar-refractivity contribution is -0.142. The van der Waals surface area contributed by atoms with Crippen molar-refractivity contribution >= 4 is 5.97 Å². The van der Waals surface area contributed by atoms with Gasteiger partial charge in [0.25, 0.3) is 0 Å². The standard InChI is InChI=1S/C13H23NO3/c1-10(12(15)16)14-7-11-5-3-4-6-13(11,8-14)9-17-2/h10-11H,3-9H2,1-2H3,(H,15,16)/t10-,11+,13-/m1/s1. The second-order valence-electron chi connectivity index (χ2n) is 5.68. The van der Waals surface area contributed by atoms with Crippen LogP contribution in [0.2, 0.25) is 0 Å². The van der Waals surface area contributed by atoms with Crippen LogP contribution in [0, 0.1) is 11.3 Å². The maximum Gasteiger partial charge on any atom is 0.320 e. The first kappa shape index (κ1) is 12.8. The molecule has 2 fully saturated rings. The van der Waals surface area contributed by atoms with Crippen molar-refractivity contribution in [3.05, 3.63) is 0 Å². The van der Waals surface area contributed by atoms with Crippen molar-refractivity contribution in [1.82, 2.24) is 4.90 Å². The third-order valence-corrected chi connectivity index (χ3v) is 4.65. The molecular formula is C13H23NO3. The zero-order valence-electron chi connectivity index (χ0n) is 10.8. The van der Waals surface area contributed by atoms with Crippen molar-refractivity contribution < 1.29 is 14.6 Å². The van der Waals surface area contributed by atoms with E-state index in [-0.39, 0.29) is 11.5 Å². The highest BCUT2D eigenvalue weighted by molar-refractivity contribution is 5.72. The lowest BCUT2D eigenvalue weighted by atomic mass is 9.69. The largest absolute Gasteiger partial charge is 0.480 e. The highest BCUT2D eigenvalue weighted by atomic mass is 16.5. The number of rotatable bonds is 4. The van der Waals surface area contributed by atoms with Crippen molar-refractivity contribution in [2.24, 2.45) is 11.3 Å². The van der Waals surface area contributed by atoms with Gasteiger partial charge in [0.2, 0.25) is 0 Å². The number of methoxy groups -OCH3 is 1. The number of hydrogen-bond acceptors (Lipinski definition) is 3. The Morgan fingerprint density at radius 3 is 3.00 bits per heavy atom. The maximum absolute atomic E-state index is 11.1. The van der Waals surface area contributed by atoms with E-state index in [2.05, 4.69) is 4.90 Å². The zero-order valence-corrected chi connectivity index (χ0v) is 10.8. The van der Waals surface area contributed by atoms with Crippen LogP contribution in [-0.4, -0.2) is 48.8 Å². The van der Waals surface area contributed by atoms with Gasteiger partial charge in [-0.25, -0.2) is 0 Å². The molecule has 0 aromatic heterocycles. The molecule has 2 rings (SSSR count). The lowest BCUT2D eigenvalue weighted by Crippen LogP contribution is -2.40. The third kappa shape index (κ3) is 2.33. The first-order chi connectivity index (χ1) is 8.09. The molecule has 1 aliphatic heterocycles. The predicted molar refractivity (Wildman–Crippen MR) is 64.9 cm³/mol. The molecule has 0 aromatic carbocycles. The first-order valence-electron chi connectivity index (χ1n) is 6.55. The van der Waals surface area contributed by atoms with Crippen LogP contribution in [0.1, 0.15) is 32.6 Å². The van der Waals surface area contributed by atoms with Gasteiger partial charge >= 0.3 is 5.97 Å². The zero-order chi connectivity index (χ0) is 12.5. The number of carboxylic acids is 1. The van der Waals surface area contributed by atoms with Crippen LogP contribution >= 0.6 is 0 Å². The minimum Gasteiger partial charge on any atom is -0.480 e. The van der Waals surface area contributed by atoms with Crippen LogP contribution in [0.15, 0.2) is 0 Å². The van der Waals surface area contributed by atoms with Crippen molar-refractivity contribution in [2.75, 3.05) is 26.8 Å². The normalized spacial score (nSPS) is 35.5. The molecule has 0 bridgehead atoms. The monoisotopic (exact) mass is 241 g/mol. The van der Waals surface area contributed by atoms with Gasteiger partial charge in [-0.3, -0.25) is 9.69 Å². The van der Waals surface area contributed by atoms with Gasteiger partial charge in [-0.2, -0.15) is 0 Å². The van der Waals surface area contributed by atoms with Crippen LogP contribution in [0.5, 0.6) is 0 Å². The molecule has 1 aliphatic carbocycles. The van der Waals surface area contributed by atoms with Crippen molar-refractivity contribution in [1.29, 1.82) is 0 Å². The van der Waals surface area contributed by atoms with Gasteiger partial charge < -0.3 is 9.84 Å². The molecule has 2 aliphatic rings. The van der Waals surface area contributed by atoms with Gasteiger partial charge in [0.05, 0.1) is 6.61 Å². The summed E-state index contributed by atoms with van der Waals surface area (Å²) in [6.45, 7) is 4.39. The summed E-state index contributed by atoms with van der Waals surface area (Å²) in [6, 6.07) is -0.366. The topological polar surface area (TPSA) is 49.8 Å². The molecule has 0 amide bonds. The summed E-state index contributed by atoms with van der Waals surface area (Å²) < 4.78 is 5.40. The van der Waals surface area contributed by atoms with Gasteiger partial charge in [0.1, 0.15) is 6.04 Å². The molecule has 0 unspecified atom stereocenters. The van der Waals surface area contributed by atoms with E-state index < -0.39 is 5.97 Å². The molecule has 1 saturated carbocycles. The fraction of sp³-hybridized carbons (Fsp3) is 0.923. The van der Waals surface area contributed by atoms with Crippen LogP contribution in [0.25, 0.3) is 0 Å². The van der Waals surface area contributed by atoms with Crippen molar-refractivity contribution in [3.8, 4) is 0 Å². The number of carbonyl (C=O) groups is 1. The smallest absolute Gasteiger partial charge is 0.320 e. The van der Waals surface area contributed by atoms with E-state index in [1.165, 1.54) is 25.7 Å². The highest BCUT2D eigenvalue weighted by Gasteiger charge is 2.49. The van der Waals surface area contributed by atoms with Gasteiger partial charge in [-0.1, -0.05) is 12.8 Å². The minimum atomic E-state index is -0.712. The Morgan fingerprint density at radius 1 is 1.59 bits per heavy atom. The summed E-state index contributed by atoms with van der Waals surface area (Å²) in [5.74, 6) is -0.0887.